The fourth-order valence-corrected chi connectivity index (χ4v) is 7.56. The van der Waals surface area contributed by atoms with E-state index in [0.717, 1.165) is 15.9 Å². The number of phenolic OH excluding ortho intramolecular Hbond substituents is 2. The van der Waals surface area contributed by atoms with Gasteiger partial charge in [0.2, 0.25) is 0 Å². The lowest BCUT2D eigenvalue weighted by atomic mass is 10.1. The summed E-state index contributed by atoms with van der Waals surface area (Å²) >= 11 is 0. The molecule has 0 aliphatic carbocycles. The van der Waals surface area contributed by atoms with Crippen LogP contribution in [-0.4, -0.2) is 26.9 Å². The summed E-state index contributed by atoms with van der Waals surface area (Å²) in [6, 6.07) is 34.6. The van der Waals surface area contributed by atoms with Crippen molar-refractivity contribution >= 4 is 34.3 Å². The van der Waals surface area contributed by atoms with Crippen LogP contribution in [0.5, 0.6) is 11.5 Å². The van der Waals surface area contributed by atoms with Gasteiger partial charge in [0, 0.05) is 11.6 Å². The molecule has 0 radical (unpaired) electrons. The molecule has 0 aliphatic rings. The molecule has 0 aliphatic heterocycles. The van der Waals surface area contributed by atoms with Gasteiger partial charge in [-0.3, -0.25) is 0 Å². The van der Waals surface area contributed by atoms with Gasteiger partial charge in [-0.1, -0.05) is 96.2 Å². The van der Waals surface area contributed by atoms with Gasteiger partial charge in [-0.25, -0.2) is 0 Å². The van der Waals surface area contributed by atoms with E-state index in [9.17, 15) is 15.4 Å². The van der Waals surface area contributed by atoms with E-state index in [2.05, 4.69) is 41.6 Å². The molecule has 0 atom stereocenters. The Morgan fingerprint density at radius 2 is 1.10 bits per heavy atom. The topological polar surface area (TPSA) is 73.1 Å². The van der Waals surface area contributed by atoms with E-state index in [4.69, 9.17) is 0 Å². The van der Waals surface area contributed by atoms with Crippen LogP contribution in [-0.2, 0) is 0 Å². The van der Waals surface area contributed by atoms with E-state index in [1.165, 1.54) is 12.1 Å². The summed E-state index contributed by atoms with van der Waals surface area (Å²) in [5, 5.41) is 36.9. The molecule has 4 rings (SSSR count). The summed E-state index contributed by atoms with van der Waals surface area (Å²) in [4.78, 5) is 0. The Morgan fingerprint density at radius 1 is 0.645 bits per heavy atom. The van der Waals surface area contributed by atoms with Crippen molar-refractivity contribution < 1.29 is 15.4 Å². The van der Waals surface area contributed by atoms with Gasteiger partial charge in [-0.05, 0) is 40.7 Å². The van der Waals surface area contributed by atoms with Crippen LogP contribution in [0.2, 0.25) is 0 Å². The first-order valence-electron chi connectivity index (χ1n) is 9.81. The monoisotopic (exact) mass is 427 g/mol. The van der Waals surface area contributed by atoms with Crippen molar-refractivity contribution in [3.8, 4) is 11.5 Å². The first kappa shape index (κ1) is 20.5. The molecule has 0 spiro atoms. The molecule has 4 nitrogen and oxygen atoms in total. The normalized spacial score (nSPS) is 11.8. The van der Waals surface area contributed by atoms with Gasteiger partial charge in [0.15, 0.2) is 0 Å². The van der Waals surface area contributed by atoms with Crippen molar-refractivity contribution in [2.45, 2.75) is 0 Å². The molecule has 0 saturated heterocycles. The predicted molar refractivity (Wildman–Crippen MR) is 129 cm³/mol. The third-order valence-electron chi connectivity index (χ3n) is 5.17. The van der Waals surface area contributed by atoms with Gasteiger partial charge in [-0.2, -0.15) is 0 Å². The molecule has 0 saturated carbocycles. The largest absolute Gasteiger partial charge is 0.508 e. The highest BCUT2D eigenvalue weighted by Crippen LogP contribution is 2.44. The molecule has 4 aromatic rings. The van der Waals surface area contributed by atoms with Crippen molar-refractivity contribution in [3.63, 3.8) is 0 Å². The SMILES string of the molecule is O/N=C(\C=P(c1ccccc1)(c1ccccc1)c1ccccc1)c1ccc(O)cc1O. The second-order valence-electron chi connectivity index (χ2n) is 7.05. The molecule has 154 valence electrons. The average molecular weight is 427 g/mol. The minimum atomic E-state index is -2.41. The number of nitrogens with zero attached hydrogens (tertiary/aromatic N) is 1. The van der Waals surface area contributed by atoms with E-state index in [1.807, 2.05) is 60.4 Å². The Hall–Kier alpha value is -3.75. The predicted octanol–water partition coefficient (Wildman–Crippen LogP) is 4.07. The van der Waals surface area contributed by atoms with Crippen molar-refractivity contribution in [1.29, 1.82) is 0 Å². The molecular formula is C26H22NO3P. The quantitative estimate of drug-likeness (QED) is 0.195. The number of benzene rings is 4. The lowest BCUT2D eigenvalue weighted by Gasteiger charge is -2.29. The van der Waals surface area contributed by atoms with Crippen LogP contribution in [0, 0.1) is 0 Å². The fraction of sp³-hybridized carbons (Fsp3) is 0. The number of phenols is 2. The molecule has 31 heavy (non-hydrogen) atoms. The second kappa shape index (κ2) is 8.95. The summed E-state index contributed by atoms with van der Waals surface area (Å²) < 4.78 is 0. The molecular weight excluding hydrogens is 405 g/mol. The molecule has 4 aromatic carbocycles. The molecule has 5 heteroatoms. The number of aromatic hydroxyl groups is 2. The second-order valence-corrected chi connectivity index (χ2v) is 10.3. The summed E-state index contributed by atoms with van der Waals surface area (Å²) in [5.74, 6) is 1.74. The van der Waals surface area contributed by atoms with E-state index < -0.39 is 6.89 Å². The first-order valence-corrected chi connectivity index (χ1v) is 11.7. The van der Waals surface area contributed by atoms with E-state index in [1.54, 1.807) is 6.07 Å². The number of rotatable bonds is 5. The standard InChI is InChI=1S/C26H22NO3P/c28-20-16-17-24(26(29)18-20)25(27-30)19-31(21-10-4-1-5-11-21,22-12-6-2-7-13-22)23-14-8-3-9-15-23/h1-19,28-30H/b27-25+. The third kappa shape index (κ3) is 3.98. The fourth-order valence-electron chi connectivity index (χ4n) is 3.73. The zero-order chi connectivity index (χ0) is 21.7. The summed E-state index contributed by atoms with van der Waals surface area (Å²) in [5.41, 5.74) is 0.579. The van der Waals surface area contributed by atoms with Crippen molar-refractivity contribution in [1.82, 2.24) is 0 Å². The number of hydrogen-bond acceptors (Lipinski definition) is 4. The molecule has 0 aromatic heterocycles. The van der Waals surface area contributed by atoms with Crippen LogP contribution >= 0.6 is 6.89 Å². The van der Waals surface area contributed by atoms with Crippen LogP contribution in [0.15, 0.2) is 114 Å². The molecule has 0 amide bonds. The van der Waals surface area contributed by atoms with E-state index >= 15 is 0 Å². The Kier molecular flexibility index (Phi) is 5.92. The first-order chi connectivity index (χ1) is 15.1. The van der Waals surface area contributed by atoms with Crippen molar-refractivity contribution in [3.05, 3.63) is 115 Å². The molecule has 0 unspecified atom stereocenters. The zero-order valence-corrected chi connectivity index (χ0v) is 17.6. The minimum absolute atomic E-state index is 0.0613. The average Bonchev–Trinajstić information content (AvgIpc) is 2.82. The molecule has 3 N–H and O–H groups in total. The third-order valence-corrected chi connectivity index (χ3v) is 9.14. The maximum Gasteiger partial charge on any atom is 0.128 e. The summed E-state index contributed by atoms with van der Waals surface area (Å²) in [6.45, 7) is -2.41. The smallest absolute Gasteiger partial charge is 0.128 e. The lowest BCUT2D eigenvalue weighted by Crippen LogP contribution is -2.28. The number of hydrogen-bond donors (Lipinski definition) is 3. The van der Waals surface area contributed by atoms with Gasteiger partial charge in [0.1, 0.15) is 17.2 Å². The lowest BCUT2D eigenvalue weighted by molar-refractivity contribution is 0.320. The van der Waals surface area contributed by atoms with Crippen LogP contribution in [0.4, 0.5) is 0 Å². The van der Waals surface area contributed by atoms with Crippen LogP contribution in [0.3, 0.4) is 0 Å². The number of oxime groups is 1. The Bertz CT molecular complexity index is 1150. The highest BCUT2D eigenvalue weighted by molar-refractivity contribution is 7.95. The Morgan fingerprint density at radius 3 is 1.48 bits per heavy atom. The van der Waals surface area contributed by atoms with Gasteiger partial charge >= 0.3 is 0 Å². The Labute approximate surface area is 181 Å². The van der Waals surface area contributed by atoms with Gasteiger partial charge < -0.3 is 15.4 Å². The summed E-state index contributed by atoms with van der Waals surface area (Å²) in [7, 11) is 0. The van der Waals surface area contributed by atoms with Gasteiger partial charge in [0.05, 0.1) is 0 Å². The molecule has 0 fully saturated rings. The minimum Gasteiger partial charge on any atom is -0.508 e. The van der Waals surface area contributed by atoms with Crippen molar-refractivity contribution in [2.75, 3.05) is 0 Å². The van der Waals surface area contributed by atoms with Gasteiger partial charge in [-0.15, -0.1) is 0 Å². The Balaban J connectivity index is 2.11. The zero-order valence-electron chi connectivity index (χ0n) is 16.7. The molecule has 0 bridgehead atoms. The van der Waals surface area contributed by atoms with Crippen LogP contribution < -0.4 is 15.9 Å². The maximum absolute atomic E-state index is 10.4. The van der Waals surface area contributed by atoms with Gasteiger partial charge in [0.25, 0.3) is 0 Å². The molecule has 0 heterocycles. The van der Waals surface area contributed by atoms with E-state index in [-0.39, 0.29) is 17.2 Å². The highest BCUT2D eigenvalue weighted by atomic mass is 31.2. The van der Waals surface area contributed by atoms with Crippen LogP contribution in [0.1, 0.15) is 5.56 Å². The van der Waals surface area contributed by atoms with Crippen molar-refractivity contribution in [2.24, 2.45) is 5.16 Å². The maximum atomic E-state index is 10.4. The van der Waals surface area contributed by atoms with E-state index in [0.29, 0.717) is 5.56 Å². The summed E-state index contributed by atoms with van der Waals surface area (Å²) in [6.07, 6.45) is 0. The van der Waals surface area contributed by atoms with Crippen LogP contribution in [0.25, 0.3) is 0 Å². The highest BCUT2D eigenvalue weighted by Gasteiger charge is 2.26.